The number of carboxylic acids is 1. The van der Waals surface area contributed by atoms with E-state index < -0.39 is 24.2 Å². The van der Waals surface area contributed by atoms with E-state index in [0.717, 1.165) is 12.1 Å². The van der Waals surface area contributed by atoms with Gasteiger partial charge in [-0.3, -0.25) is 4.79 Å². The van der Waals surface area contributed by atoms with Gasteiger partial charge in [-0.25, -0.2) is 4.79 Å². The van der Waals surface area contributed by atoms with E-state index in [2.05, 4.69) is 0 Å². The Morgan fingerprint density at radius 2 is 2.00 bits per heavy atom. The van der Waals surface area contributed by atoms with E-state index in [0.29, 0.717) is 0 Å². The van der Waals surface area contributed by atoms with Crippen LogP contribution < -0.4 is 11.2 Å². The summed E-state index contributed by atoms with van der Waals surface area (Å²) in [6, 6.07) is 2.13. The quantitative estimate of drug-likeness (QED) is 0.387. The number of aromatic nitrogens is 1. The third kappa shape index (κ3) is 1.95. The maximum Gasteiger partial charge on any atom is 0.505 e. The van der Waals surface area contributed by atoms with Gasteiger partial charge in [-0.05, 0) is 12.1 Å². The highest BCUT2D eigenvalue weighted by Gasteiger charge is 2.15. The van der Waals surface area contributed by atoms with Crippen LogP contribution in [0.5, 0.6) is 0 Å². The highest BCUT2D eigenvalue weighted by molar-refractivity contribution is 6.57. The summed E-state index contributed by atoms with van der Waals surface area (Å²) in [7, 11) is -1.81. The lowest BCUT2D eigenvalue weighted by Gasteiger charge is -1.98. The van der Waals surface area contributed by atoms with E-state index >= 15 is 0 Å². The number of hydrogen-bond donors (Lipinski definition) is 4. The Morgan fingerprint density at radius 1 is 1.38 bits per heavy atom. The van der Waals surface area contributed by atoms with Crippen molar-refractivity contribution in [2.75, 3.05) is 0 Å². The molecule has 4 N–H and O–H groups in total. The molecule has 0 aliphatic rings. The van der Waals surface area contributed by atoms with Crippen LogP contribution >= 0.6 is 0 Å². The van der Waals surface area contributed by atoms with E-state index in [1.807, 2.05) is 4.98 Å². The van der Waals surface area contributed by atoms with Gasteiger partial charge in [0.05, 0.1) is 0 Å². The SMILES string of the molecule is O=C(O)c1ccc(B(O)O)[nH]c1=O. The minimum absolute atomic E-state index is 0.144. The summed E-state index contributed by atoms with van der Waals surface area (Å²) in [5.41, 5.74) is -1.45. The number of aromatic carboxylic acids is 1. The zero-order valence-corrected chi connectivity index (χ0v) is 6.39. The van der Waals surface area contributed by atoms with Crippen LogP contribution in [-0.4, -0.2) is 33.2 Å². The number of nitrogens with one attached hydrogen (secondary N) is 1. The molecular formula is C6H6BNO5. The minimum Gasteiger partial charge on any atom is -0.477 e. The first-order valence-corrected chi connectivity index (χ1v) is 3.35. The number of H-pyrrole nitrogens is 1. The highest BCUT2D eigenvalue weighted by atomic mass is 16.4. The first-order valence-electron chi connectivity index (χ1n) is 3.35. The van der Waals surface area contributed by atoms with E-state index in [-0.39, 0.29) is 5.59 Å². The van der Waals surface area contributed by atoms with Gasteiger partial charge < -0.3 is 20.1 Å². The lowest BCUT2D eigenvalue weighted by molar-refractivity contribution is 0.0695. The Labute approximate surface area is 72.6 Å². The number of pyridine rings is 1. The summed E-state index contributed by atoms with van der Waals surface area (Å²) in [6.45, 7) is 0. The second kappa shape index (κ2) is 3.42. The molecule has 7 heteroatoms. The molecule has 0 aliphatic carbocycles. The van der Waals surface area contributed by atoms with E-state index in [1.165, 1.54) is 0 Å². The smallest absolute Gasteiger partial charge is 0.477 e. The van der Waals surface area contributed by atoms with Crippen LogP contribution in [0.15, 0.2) is 16.9 Å². The maximum absolute atomic E-state index is 10.9. The Hall–Kier alpha value is -1.60. The van der Waals surface area contributed by atoms with Crippen LogP contribution in [0.25, 0.3) is 0 Å². The number of carboxylic acid groups (broad SMARTS) is 1. The van der Waals surface area contributed by atoms with Crippen molar-refractivity contribution in [3.8, 4) is 0 Å². The molecule has 13 heavy (non-hydrogen) atoms. The Bertz CT molecular complexity index is 385. The molecule has 0 amide bonds. The summed E-state index contributed by atoms with van der Waals surface area (Å²) < 4.78 is 0. The largest absolute Gasteiger partial charge is 0.505 e. The summed E-state index contributed by atoms with van der Waals surface area (Å²) in [4.78, 5) is 23.3. The van der Waals surface area contributed by atoms with Gasteiger partial charge in [0.1, 0.15) is 5.56 Å². The number of carbonyl (C=O) groups is 1. The molecule has 0 unspecified atom stereocenters. The van der Waals surface area contributed by atoms with Crippen molar-refractivity contribution in [3.05, 3.63) is 28.0 Å². The monoisotopic (exact) mass is 183 g/mol. The van der Waals surface area contributed by atoms with Crippen molar-refractivity contribution in [2.45, 2.75) is 0 Å². The molecule has 1 rings (SSSR count). The molecule has 0 spiro atoms. The second-order valence-corrected chi connectivity index (χ2v) is 2.34. The second-order valence-electron chi connectivity index (χ2n) is 2.34. The Morgan fingerprint density at radius 3 is 2.38 bits per heavy atom. The van der Waals surface area contributed by atoms with E-state index in [4.69, 9.17) is 15.2 Å². The average Bonchev–Trinajstić information content (AvgIpc) is 2.03. The van der Waals surface area contributed by atoms with Gasteiger partial charge in [-0.2, -0.15) is 0 Å². The summed E-state index contributed by atoms with van der Waals surface area (Å²) >= 11 is 0. The van der Waals surface area contributed by atoms with Crippen molar-refractivity contribution >= 4 is 18.7 Å². The van der Waals surface area contributed by atoms with Crippen molar-refractivity contribution in [2.24, 2.45) is 0 Å². The molecule has 68 valence electrons. The number of hydrogen-bond acceptors (Lipinski definition) is 4. The molecule has 0 fully saturated rings. The van der Waals surface area contributed by atoms with Crippen LogP contribution in [-0.2, 0) is 0 Å². The number of aromatic amines is 1. The fraction of sp³-hybridized carbons (Fsp3) is 0. The van der Waals surface area contributed by atoms with Crippen molar-refractivity contribution in [1.29, 1.82) is 0 Å². The lowest BCUT2D eigenvalue weighted by Crippen LogP contribution is -2.37. The first-order chi connectivity index (χ1) is 6.02. The third-order valence-corrected chi connectivity index (χ3v) is 1.44. The standard InChI is InChI=1S/C6H6BNO5/c9-5-3(6(10)11)1-2-4(8-5)7(12)13/h1-2,12-13H,(H,8,9)(H,10,11). The van der Waals surface area contributed by atoms with Crippen molar-refractivity contribution in [3.63, 3.8) is 0 Å². The molecule has 0 bridgehead atoms. The molecule has 0 radical (unpaired) electrons. The van der Waals surface area contributed by atoms with E-state index in [1.54, 1.807) is 0 Å². The van der Waals surface area contributed by atoms with Crippen molar-refractivity contribution < 1.29 is 19.9 Å². The van der Waals surface area contributed by atoms with Crippen LogP contribution in [0, 0.1) is 0 Å². The highest BCUT2D eigenvalue weighted by Crippen LogP contribution is 1.87. The summed E-state index contributed by atoms with van der Waals surface area (Å²) in [5, 5.41) is 25.7. The lowest BCUT2D eigenvalue weighted by atomic mass is 9.85. The van der Waals surface area contributed by atoms with Crippen LogP contribution in [0.2, 0.25) is 0 Å². The fourth-order valence-electron chi connectivity index (χ4n) is 0.808. The molecule has 0 saturated carbocycles. The molecule has 0 saturated heterocycles. The van der Waals surface area contributed by atoms with Crippen LogP contribution in [0.3, 0.4) is 0 Å². The molecule has 0 aromatic carbocycles. The summed E-state index contributed by atoms with van der Waals surface area (Å²) in [5.74, 6) is -1.36. The normalized spacial score (nSPS) is 9.69. The predicted octanol–water partition coefficient (Wildman–Crippen LogP) is -2.25. The molecule has 1 aromatic rings. The molecule has 0 aliphatic heterocycles. The topological polar surface area (TPSA) is 111 Å². The fourth-order valence-corrected chi connectivity index (χ4v) is 0.808. The van der Waals surface area contributed by atoms with Gasteiger partial charge in [0, 0.05) is 5.59 Å². The molecular weight excluding hydrogens is 177 g/mol. The zero-order valence-electron chi connectivity index (χ0n) is 6.39. The van der Waals surface area contributed by atoms with Gasteiger partial charge in [0.15, 0.2) is 0 Å². The summed E-state index contributed by atoms with van der Waals surface area (Å²) in [6.07, 6.45) is 0. The van der Waals surface area contributed by atoms with Gasteiger partial charge in [0.2, 0.25) is 0 Å². The zero-order chi connectivity index (χ0) is 10.0. The molecule has 1 heterocycles. The van der Waals surface area contributed by atoms with Crippen molar-refractivity contribution in [1.82, 2.24) is 4.98 Å². The number of rotatable bonds is 2. The van der Waals surface area contributed by atoms with Gasteiger partial charge >= 0.3 is 13.1 Å². The van der Waals surface area contributed by atoms with Gasteiger partial charge in [-0.1, -0.05) is 0 Å². The average molecular weight is 183 g/mol. The molecule has 6 nitrogen and oxygen atoms in total. The first kappa shape index (κ1) is 9.49. The molecule has 0 atom stereocenters. The Balaban J connectivity index is 3.21. The predicted molar refractivity (Wildman–Crippen MR) is 43.8 cm³/mol. The minimum atomic E-state index is -1.81. The Kier molecular flexibility index (Phi) is 2.50. The molecule has 1 aromatic heterocycles. The van der Waals surface area contributed by atoms with E-state index in [9.17, 15) is 9.59 Å². The van der Waals surface area contributed by atoms with Crippen LogP contribution in [0.1, 0.15) is 10.4 Å². The maximum atomic E-state index is 10.9. The third-order valence-electron chi connectivity index (χ3n) is 1.44. The van der Waals surface area contributed by atoms with Crippen LogP contribution in [0.4, 0.5) is 0 Å². The van der Waals surface area contributed by atoms with Gasteiger partial charge in [-0.15, -0.1) is 0 Å². The van der Waals surface area contributed by atoms with Gasteiger partial charge in [0.25, 0.3) is 5.56 Å².